The van der Waals surface area contributed by atoms with Gasteiger partial charge in [0.15, 0.2) is 0 Å². The number of nitrogens with zero attached hydrogens (tertiary/aromatic N) is 6. The van der Waals surface area contributed by atoms with E-state index in [0.717, 1.165) is 17.2 Å². The van der Waals surface area contributed by atoms with Gasteiger partial charge in [0.1, 0.15) is 5.82 Å². The van der Waals surface area contributed by atoms with Crippen molar-refractivity contribution < 1.29 is 14.3 Å². The largest absolute Gasteiger partial charge is 0.447 e. The molecule has 4 rings (SSSR count). The average Bonchev–Trinajstić information content (AvgIpc) is 3.19. The molecule has 0 spiro atoms. The van der Waals surface area contributed by atoms with Crippen LogP contribution in [0.25, 0.3) is 5.69 Å². The molecule has 1 aromatic carbocycles. The molecule has 196 valence electrons. The minimum atomic E-state index is -0.509. The quantitative estimate of drug-likeness (QED) is 0.457. The molecule has 0 unspecified atom stereocenters. The molecule has 0 radical (unpaired) electrons. The number of piperazine rings is 1. The van der Waals surface area contributed by atoms with Gasteiger partial charge in [-0.2, -0.15) is 9.67 Å². The summed E-state index contributed by atoms with van der Waals surface area (Å²) in [4.78, 5) is 36.7. The Morgan fingerprint density at radius 3 is 2.35 bits per heavy atom. The fourth-order valence-corrected chi connectivity index (χ4v) is 4.54. The van der Waals surface area contributed by atoms with Crippen molar-refractivity contribution >= 4 is 41.1 Å². The van der Waals surface area contributed by atoms with Crippen molar-refractivity contribution in [2.75, 3.05) is 34.4 Å². The number of pyridine rings is 1. The van der Waals surface area contributed by atoms with Gasteiger partial charge in [-0.25, -0.2) is 9.78 Å². The molecule has 4 N–H and O–H groups in total. The maximum atomic E-state index is 12.0. The van der Waals surface area contributed by atoms with Gasteiger partial charge in [-0.3, -0.25) is 10.1 Å². The summed E-state index contributed by atoms with van der Waals surface area (Å²) in [5.41, 5.74) is 8.23. The summed E-state index contributed by atoms with van der Waals surface area (Å²) >= 11 is 0. The van der Waals surface area contributed by atoms with Crippen LogP contribution in [0.15, 0.2) is 42.6 Å². The highest BCUT2D eigenvalue weighted by Crippen LogP contribution is 2.24. The standard InChI is InChI=1S/C25H33N9O3/c1-15(2)37-25(36)29-20-8-6-19(7-9-20)28-24-30-23(26)34(31-24)21-10-11-27-22(12-21)32-13-16(3)33(18(5)35)17(4)14-32/h6-12,15-17H,13-14H2,1-5H3,(H,29,36)(H3,26,28,30,31)/t16-,17+. The minimum absolute atomic E-state index is 0.0707. The molecule has 1 saturated heterocycles. The van der Waals surface area contributed by atoms with Gasteiger partial charge in [0.25, 0.3) is 0 Å². The first kappa shape index (κ1) is 25.7. The van der Waals surface area contributed by atoms with Crippen LogP contribution in [0.4, 0.5) is 33.9 Å². The number of nitrogens with two attached hydrogens (primary N) is 1. The number of nitrogens with one attached hydrogen (secondary N) is 2. The number of amides is 2. The third-order valence-electron chi connectivity index (χ3n) is 5.94. The Bertz CT molecular complexity index is 1250. The second kappa shape index (κ2) is 10.7. The highest BCUT2D eigenvalue weighted by atomic mass is 16.6. The zero-order valence-corrected chi connectivity index (χ0v) is 21.7. The average molecular weight is 508 g/mol. The van der Waals surface area contributed by atoms with Gasteiger partial charge in [0, 0.05) is 55.7 Å². The Kier molecular flexibility index (Phi) is 7.46. The number of benzene rings is 1. The van der Waals surface area contributed by atoms with Gasteiger partial charge in [-0.15, -0.1) is 5.10 Å². The lowest BCUT2D eigenvalue weighted by molar-refractivity contribution is -0.133. The molecule has 2 atom stereocenters. The molecule has 2 aromatic heterocycles. The summed E-state index contributed by atoms with van der Waals surface area (Å²) in [6.45, 7) is 10.6. The SMILES string of the molecule is CC(=O)N1[C@H](C)CN(c2cc(-n3nc(Nc4ccc(NC(=O)OC(C)C)cc4)nc3N)ccn2)C[C@@H]1C. The zero-order chi connectivity index (χ0) is 26.7. The summed E-state index contributed by atoms with van der Waals surface area (Å²) in [6.07, 6.45) is 1.00. The van der Waals surface area contributed by atoms with Gasteiger partial charge < -0.3 is 25.6 Å². The van der Waals surface area contributed by atoms with Crippen LogP contribution in [0.5, 0.6) is 0 Å². The second-order valence-corrected chi connectivity index (χ2v) is 9.39. The van der Waals surface area contributed by atoms with Crippen molar-refractivity contribution in [3.8, 4) is 5.69 Å². The van der Waals surface area contributed by atoms with Gasteiger partial charge >= 0.3 is 6.09 Å². The maximum Gasteiger partial charge on any atom is 0.411 e. The molecule has 0 saturated carbocycles. The monoisotopic (exact) mass is 507 g/mol. The molecule has 3 heterocycles. The number of ether oxygens (including phenoxy) is 1. The van der Waals surface area contributed by atoms with Crippen LogP contribution in [0.1, 0.15) is 34.6 Å². The lowest BCUT2D eigenvalue weighted by atomic mass is 10.1. The first-order valence-corrected chi connectivity index (χ1v) is 12.2. The van der Waals surface area contributed by atoms with Crippen molar-refractivity contribution in [2.24, 2.45) is 0 Å². The maximum absolute atomic E-state index is 12.0. The number of aromatic nitrogens is 4. The summed E-state index contributed by atoms with van der Waals surface area (Å²) in [5, 5.41) is 10.3. The molecule has 1 aliphatic heterocycles. The molecule has 1 aliphatic rings. The number of rotatable bonds is 6. The summed E-state index contributed by atoms with van der Waals surface area (Å²) in [6, 6.07) is 10.9. The minimum Gasteiger partial charge on any atom is -0.447 e. The fourth-order valence-electron chi connectivity index (χ4n) is 4.54. The number of anilines is 5. The van der Waals surface area contributed by atoms with Crippen molar-refractivity contribution in [1.29, 1.82) is 0 Å². The number of hydrogen-bond donors (Lipinski definition) is 3. The lowest BCUT2D eigenvalue weighted by Crippen LogP contribution is -2.58. The predicted octanol–water partition coefficient (Wildman–Crippen LogP) is 3.39. The molecular formula is C25H33N9O3. The Morgan fingerprint density at radius 2 is 1.73 bits per heavy atom. The van der Waals surface area contributed by atoms with E-state index in [1.165, 1.54) is 0 Å². The molecule has 0 aliphatic carbocycles. The van der Waals surface area contributed by atoms with Gasteiger partial charge in [-0.05, 0) is 58.0 Å². The second-order valence-electron chi connectivity index (χ2n) is 9.39. The van der Waals surface area contributed by atoms with E-state index >= 15 is 0 Å². The fraction of sp³-hybridized carbons (Fsp3) is 0.400. The Balaban J connectivity index is 1.46. The van der Waals surface area contributed by atoms with Crippen molar-refractivity contribution in [1.82, 2.24) is 24.6 Å². The Labute approximate surface area is 215 Å². The summed E-state index contributed by atoms with van der Waals surface area (Å²) in [5.74, 6) is 1.41. The Morgan fingerprint density at radius 1 is 1.08 bits per heavy atom. The van der Waals surface area contributed by atoms with Gasteiger partial charge in [0.2, 0.25) is 17.8 Å². The molecule has 0 bridgehead atoms. The first-order valence-electron chi connectivity index (χ1n) is 12.2. The molecule has 12 heteroatoms. The van der Waals surface area contributed by atoms with E-state index in [1.54, 1.807) is 55.9 Å². The van der Waals surface area contributed by atoms with Crippen molar-refractivity contribution in [3.63, 3.8) is 0 Å². The summed E-state index contributed by atoms with van der Waals surface area (Å²) < 4.78 is 6.63. The van der Waals surface area contributed by atoms with Crippen LogP contribution in [0, 0.1) is 0 Å². The van der Waals surface area contributed by atoms with E-state index in [1.807, 2.05) is 30.9 Å². The van der Waals surface area contributed by atoms with Crippen LogP contribution in [0.2, 0.25) is 0 Å². The van der Waals surface area contributed by atoms with Gasteiger partial charge in [-0.1, -0.05) is 0 Å². The number of nitrogen functional groups attached to an aromatic ring is 1. The third-order valence-corrected chi connectivity index (χ3v) is 5.94. The third kappa shape index (κ3) is 6.08. The molecule has 37 heavy (non-hydrogen) atoms. The van der Waals surface area contributed by atoms with Gasteiger partial charge in [0.05, 0.1) is 11.8 Å². The van der Waals surface area contributed by atoms with Crippen LogP contribution < -0.4 is 21.3 Å². The van der Waals surface area contributed by atoms with Crippen LogP contribution in [0.3, 0.4) is 0 Å². The predicted molar refractivity (Wildman–Crippen MR) is 142 cm³/mol. The van der Waals surface area contributed by atoms with E-state index in [9.17, 15) is 9.59 Å². The highest BCUT2D eigenvalue weighted by molar-refractivity contribution is 5.85. The van der Waals surface area contributed by atoms with Crippen molar-refractivity contribution in [2.45, 2.75) is 52.8 Å². The molecule has 1 fully saturated rings. The van der Waals surface area contributed by atoms with E-state index in [4.69, 9.17) is 10.5 Å². The Hall–Kier alpha value is -4.35. The smallest absolute Gasteiger partial charge is 0.411 e. The zero-order valence-electron chi connectivity index (χ0n) is 21.7. The van der Waals surface area contributed by atoms with Crippen LogP contribution in [-0.2, 0) is 9.53 Å². The van der Waals surface area contributed by atoms with E-state index in [-0.39, 0.29) is 30.0 Å². The normalized spacial score (nSPS) is 17.6. The molecule has 2 amide bonds. The topological polar surface area (TPSA) is 144 Å². The number of hydrogen-bond acceptors (Lipinski definition) is 9. The highest BCUT2D eigenvalue weighted by Gasteiger charge is 2.31. The molecular weight excluding hydrogens is 474 g/mol. The summed E-state index contributed by atoms with van der Waals surface area (Å²) in [7, 11) is 0. The van der Waals surface area contributed by atoms with Crippen LogP contribution in [-0.4, -0.2) is 67.9 Å². The van der Waals surface area contributed by atoms with Crippen LogP contribution >= 0.6 is 0 Å². The molecule has 12 nitrogen and oxygen atoms in total. The van der Waals surface area contributed by atoms with E-state index in [2.05, 4.69) is 30.6 Å². The lowest BCUT2D eigenvalue weighted by Gasteiger charge is -2.44. The number of carbonyl (C=O) groups excluding carboxylic acids is 2. The molecule has 3 aromatic rings. The van der Waals surface area contributed by atoms with Crippen molar-refractivity contribution in [3.05, 3.63) is 42.6 Å². The first-order chi connectivity index (χ1) is 17.6. The number of carbonyl (C=O) groups is 2. The van der Waals surface area contributed by atoms with E-state index in [0.29, 0.717) is 24.7 Å². The van der Waals surface area contributed by atoms with E-state index < -0.39 is 6.09 Å².